The summed E-state index contributed by atoms with van der Waals surface area (Å²) < 4.78 is 5.93. The highest BCUT2D eigenvalue weighted by atomic mass is 16.5. The number of benzene rings is 1. The van der Waals surface area contributed by atoms with Crippen molar-refractivity contribution in [1.82, 2.24) is 15.0 Å². The molecule has 3 heterocycles. The van der Waals surface area contributed by atoms with Crippen LogP contribution in [0.1, 0.15) is 12.6 Å². The Morgan fingerprint density at radius 2 is 1.96 bits per heavy atom. The van der Waals surface area contributed by atoms with E-state index in [4.69, 9.17) is 9.72 Å². The number of nitrogens with zero attached hydrogens (tertiary/aromatic N) is 4. The number of fused-ring (bicyclic) bond motifs is 1. The third-order valence-corrected chi connectivity index (χ3v) is 4.10. The molecule has 1 N–H and O–H groups in total. The lowest BCUT2D eigenvalue weighted by Crippen LogP contribution is -2.54. The maximum absolute atomic E-state index is 9.30. The Morgan fingerprint density at radius 3 is 2.81 bits per heavy atom. The molecule has 6 heteroatoms. The zero-order chi connectivity index (χ0) is 17.9. The molecule has 1 atom stereocenters. The predicted octanol–water partition coefficient (Wildman–Crippen LogP) is 2.02. The Kier molecular flexibility index (Phi) is 4.38. The first-order valence-corrected chi connectivity index (χ1v) is 8.47. The van der Waals surface area contributed by atoms with Crippen molar-refractivity contribution < 1.29 is 9.84 Å². The van der Waals surface area contributed by atoms with Gasteiger partial charge in [0.25, 0.3) is 0 Å². The number of anilines is 1. The van der Waals surface area contributed by atoms with Crippen LogP contribution in [0.25, 0.3) is 10.9 Å². The third kappa shape index (κ3) is 3.44. The fourth-order valence-corrected chi connectivity index (χ4v) is 2.76. The number of rotatable bonds is 3. The Balaban J connectivity index is 1.43. The molecule has 0 amide bonds. The van der Waals surface area contributed by atoms with Crippen molar-refractivity contribution in [3.05, 3.63) is 54.5 Å². The SMILES string of the molecule is C[C@H](O)C#Cc1nccnc1OC1CN(c2ccc3ccccc3n2)C1. The van der Waals surface area contributed by atoms with Crippen LogP contribution in [-0.4, -0.2) is 45.4 Å². The first-order valence-electron chi connectivity index (χ1n) is 8.47. The van der Waals surface area contributed by atoms with Crippen LogP contribution < -0.4 is 9.64 Å². The molecule has 0 spiro atoms. The van der Waals surface area contributed by atoms with E-state index in [-0.39, 0.29) is 6.10 Å². The lowest BCUT2D eigenvalue weighted by Gasteiger charge is -2.39. The highest BCUT2D eigenvalue weighted by Gasteiger charge is 2.30. The molecular formula is C20H18N4O2. The summed E-state index contributed by atoms with van der Waals surface area (Å²) in [5.41, 5.74) is 1.43. The van der Waals surface area contributed by atoms with E-state index in [0.717, 1.165) is 29.8 Å². The van der Waals surface area contributed by atoms with E-state index >= 15 is 0 Å². The second-order valence-corrected chi connectivity index (χ2v) is 6.16. The van der Waals surface area contributed by atoms with Crippen LogP contribution in [0.5, 0.6) is 5.88 Å². The minimum absolute atomic E-state index is 0.00655. The molecule has 1 aliphatic rings. The summed E-state index contributed by atoms with van der Waals surface area (Å²) in [5.74, 6) is 6.81. The molecule has 0 radical (unpaired) electrons. The van der Waals surface area contributed by atoms with Gasteiger partial charge in [0.05, 0.1) is 18.6 Å². The van der Waals surface area contributed by atoms with Crippen LogP contribution in [0.3, 0.4) is 0 Å². The zero-order valence-corrected chi connectivity index (χ0v) is 14.3. The van der Waals surface area contributed by atoms with Crippen LogP contribution >= 0.6 is 0 Å². The van der Waals surface area contributed by atoms with E-state index in [1.165, 1.54) is 0 Å². The second-order valence-electron chi connectivity index (χ2n) is 6.16. The number of aromatic nitrogens is 3. The van der Waals surface area contributed by atoms with Crippen LogP contribution in [0, 0.1) is 11.8 Å². The molecular weight excluding hydrogens is 328 g/mol. The summed E-state index contributed by atoms with van der Waals surface area (Å²) in [5, 5.41) is 10.4. The molecule has 0 bridgehead atoms. The lowest BCUT2D eigenvalue weighted by atomic mass is 10.1. The van der Waals surface area contributed by atoms with Gasteiger partial charge in [0.15, 0.2) is 5.69 Å². The van der Waals surface area contributed by atoms with E-state index in [9.17, 15) is 5.11 Å². The summed E-state index contributed by atoms with van der Waals surface area (Å²) in [6.45, 7) is 3.06. The smallest absolute Gasteiger partial charge is 0.249 e. The zero-order valence-electron chi connectivity index (χ0n) is 14.3. The molecule has 0 aliphatic carbocycles. The predicted molar refractivity (Wildman–Crippen MR) is 99.0 cm³/mol. The van der Waals surface area contributed by atoms with Gasteiger partial charge in [0.1, 0.15) is 18.0 Å². The van der Waals surface area contributed by atoms with E-state index in [0.29, 0.717) is 11.6 Å². The Morgan fingerprint density at radius 1 is 1.15 bits per heavy atom. The van der Waals surface area contributed by atoms with Crippen molar-refractivity contribution in [1.29, 1.82) is 0 Å². The van der Waals surface area contributed by atoms with Gasteiger partial charge in [-0.1, -0.05) is 24.1 Å². The minimum atomic E-state index is -0.719. The van der Waals surface area contributed by atoms with E-state index in [1.807, 2.05) is 24.3 Å². The Bertz CT molecular complexity index is 988. The number of aliphatic hydroxyl groups excluding tert-OH is 1. The first kappa shape index (κ1) is 16.3. The maximum Gasteiger partial charge on any atom is 0.249 e. The Labute approximate surface area is 151 Å². The fourth-order valence-electron chi connectivity index (χ4n) is 2.76. The van der Waals surface area contributed by atoms with Crippen molar-refractivity contribution >= 4 is 16.7 Å². The number of hydrogen-bond acceptors (Lipinski definition) is 6. The fraction of sp³-hybridized carbons (Fsp3) is 0.250. The normalized spacial score (nSPS) is 15.1. The molecule has 1 aliphatic heterocycles. The van der Waals surface area contributed by atoms with Gasteiger partial charge >= 0.3 is 0 Å². The van der Waals surface area contributed by atoms with Crippen LogP contribution in [0.15, 0.2) is 48.8 Å². The topological polar surface area (TPSA) is 71.4 Å². The van der Waals surface area contributed by atoms with E-state index < -0.39 is 6.10 Å². The molecule has 3 aromatic rings. The highest BCUT2D eigenvalue weighted by Crippen LogP contribution is 2.24. The standard InChI is InChI=1S/C20H18N4O2/c1-14(25)6-8-18-20(22-11-10-21-18)26-16-12-24(13-16)19-9-7-15-4-2-3-5-17(15)23-19/h2-5,7,9-11,14,16,25H,12-13H2,1H3/t14-/m0/s1. The number of pyridine rings is 1. The van der Waals surface area contributed by atoms with Gasteiger partial charge in [-0.2, -0.15) is 0 Å². The van der Waals surface area contributed by atoms with Gasteiger partial charge in [-0.15, -0.1) is 0 Å². The molecule has 2 aromatic heterocycles. The molecule has 130 valence electrons. The number of aliphatic hydroxyl groups is 1. The molecule has 4 rings (SSSR count). The molecule has 1 saturated heterocycles. The van der Waals surface area contributed by atoms with Gasteiger partial charge in [-0.3, -0.25) is 0 Å². The van der Waals surface area contributed by atoms with Gasteiger partial charge in [-0.25, -0.2) is 15.0 Å². The van der Waals surface area contributed by atoms with Crippen molar-refractivity contribution in [2.45, 2.75) is 19.1 Å². The summed E-state index contributed by atoms with van der Waals surface area (Å²) in [6.07, 6.45) is 2.42. The van der Waals surface area contributed by atoms with Gasteiger partial charge in [-0.05, 0) is 31.0 Å². The number of ether oxygens (including phenoxy) is 1. The van der Waals surface area contributed by atoms with Crippen molar-refractivity contribution in [2.24, 2.45) is 0 Å². The summed E-state index contributed by atoms with van der Waals surface area (Å²) in [7, 11) is 0. The summed E-state index contributed by atoms with van der Waals surface area (Å²) in [6, 6.07) is 12.2. The molecule has 1 aromatic carbocycles. The van der Waals surface area contributed by atoms with Crippen molar-refractivity contribution in [3.8, 4) is 17.7 Å². The highest BCUT2D eigenvalue weighted by molar-refractivity contribution is 5.80. The van der Waals surface area contributed by atoms with Crippen LogP contribution in [-0.2, 0) is 0 Å². The number of para-hydroxylation sites is 1. The molecule has 0 unspecified atom stereocenters. The number of hydrogen-bond donors (Lipinski definition) is 1. The summed E-state index contributed by atoms with van der Waals surface area (Å²) in [4.78, 5) is 15.2. The molecule has 1 fully saturated rings. The van der Waals surface area contributed by atoms with Crippen molar-refractivity contribution in [3.63, 3.8) is 0 Å². The van der Waals surface area contributed by atoms with Crippen LogP contribution in [0.2, 0.25) is 0 Å². The maximum atomic E-state index is 9.30. The third-order valence-electron chi connectivity index (χ3n) is 4.10. The first-order chi connectivity index (χ1) is 12.7. The van der Waals surface area contributed by atoms with Crippen LogP contribution in [0.4, 0.5) is 5.82 Å². The lowest BCUT2D eigenvalue weighted by molar-refractivity contribution is 0.159. The van der Waals surface area contributed by atoms with Gasteiger partial charge in [0.2, 0.25) is 5.88 Å². The average molecular weight is 346 g/mol. The largest absolute Gasteiger partial charge is 0.469 e. The molecule has 26 heavy (non-hydrogen) atoms. The van der Waals surface area contributed by atoms with Crippen molar-refractivity contribution in [2.75, 3.05) is 18.0 Å². The second kappa shape index (κ2) is 6.98. The van der Waals surface area contributed by atoms with E-state index in [2.05, 4.69) is 38.8 Å². The molecule has 6 nitrogen and oxygen atoms in total. The van der Waals surface area contributed by atoms with Gasteiger partial charge < -0.3 is 14.7 Å². The van der Waals surface area contributed by atoms with Gasteiger partial charge in [0, 0.05) is 17.8 Å². The quantitative estimate of drug-likeness (QED) is 0.732. The van der Waals surface area contributed by atoms with E-state index in [1.54, 1.807) is 19.3 Å². The minimum Gasteiger partial charge on any atom is -0.469 e. The molecule has 0 saturated carbocycles. The summed E-state index contributed by atoms with van der Waals surface area (Å²) >= 11 is 0. The Hall–Kier alpha value is -3.17. The monoisotopic (exact) mass is 346 g/mol. The average Bonchev–Trinajstić information content (AvgIpc) is 2.63.